The van der Waals surface area contributed by atoms with Crippen LogP contribution in [0.25, 0.3) is 11.0 Å². The highest BCUT2D eigenvalue weighted by Crippen LogP contribution is 2.16. The summed E-state index contributed by atoms with van der Waals surface area (Å²) >= 11 is 0. The molecular formula is C15H14N4O. The van der Waals surface area contributed by atoms with Gasteiger partial charge in [-0.3, -0.25) is 0 Å². The van der Waals surface area contributed by atoms with E-state index in [1.165, 1.54) is 0 Å². The zero-order chi connectivity index (χ0) is 13.9. The first-order valence-corrected chi connectivity index (χ1v) is 6.43. The number of nitriles is 1. The van der Waals surface area contributed by atoms with Crippen molar-refractivity contribution in [2.24, 2.45) is 0 Å². The van der Waals surface area contributed by atoms with E-state index in [-0.39, 0.29) is 6.04 Å². The summed E-state index contributed by atoms with van der Waals surface area (Å²) in [4.78, 5) is 7.84. The number of H-pyrrole nitrogens is 1. The van der Waals surface area contributed by atoms with Crippen LogP contribution in [0.4, 0.5) is 0 Å². The molecule has 1 unspecified atom stereocenters. The van der Waals surface area contributed by atoms with Crippen LogP contribution in [0.3, 0.4) is 0 Å². The molecule has 0 aliphatic rings. The molecule has 0 aliphatic carbocycles. The molecule has 3 aromatic rings. The Bertz CT molecular complexity index is 732. The van der Waals surface area contributed by atoms with Crippen molar-refractivity contribution >= 4 is 11.0 Å². The molecule has 20 heavy (non-hydrogen) atoms. The average molecular weight is 266 g/mol. The van der Waals surface area contributed by atoms with Crippen LogP contribution in [0.5, 0.6) is 0 Å². The minimum absolute atomic E-state index is 0.0676. The number of aromatic amines is 1. The molecule has 100 valence electrons. The number of nitrogens with zero attached hydrogens (tertiary/aromatic N) is 2. The largest absolute Gasteiger partial charge is 0.449 e. The monoisotopic (exact) mass is 266 g/mol. The topological polar surface area (TPSA) is 77.6 Å². The molecule has 0 spiro atoms. The van der Waals surface area contributed by atoms with Crippen molar-refractivity contribution < 1.29 is 4.42 Å². The second-order valence-electron chi connectivity index (χ2n) is 4.62. The van der Waals surface area contributed by atoms with Crippen molar-refractivity contribution in [1.82, 2.24) is 15.3 Å². The van der Waals surface area contributed by atoms with Gasteiger partial charge in [0.25, 0.3) is 0 Å². The summed E-state index contributed by atoms with van der Waals surface area (Å²) in [5.74, 6) is 1.96. The molecule has 5 nitrogen and oxygen atoms in total. The highest BCUT2D eigenvalue weighted by atomic mass is 16.3. The molecule has 5 heteroatoms. The van der Waals surface area contributed by atoms with E-state index in [9.17, 15) is 0 Å². The van der Waals surface area contributed by atoms with E-state index in [2.05, 4.69) is 15.3 Å². The number of nitrogens with one attached hydrogen (secondary N) is 2. The molecule has 2 aromatic heterocycles. The number of hydrogen-bond donors (Lipinski definition) is 2. The van der Waals surface area contributed by atoms with Gasteiger partial charge in [-0.25, -0.2) is 4.98 Å². The van der Waals surface area contributed by atoms with E-state index in [0.717, 1.165) is 22.6 Å². The molecule has 0 saturated heterocycles. The van der Waals surface area contributed by atoms with Crippen molar-refractivity contribution in [3.8, 4) is 6.07 Å². The van der Waals surface area contributed by atoms with Gasteiger partial charge in [0.2, 0.25) is 5.76 Å². The lowest BCUT2D eigenvalue weighted by Gasteiger charge is -2.09. The van der Waals surface area contributed by atoms with Gasteiger partial charge in [-0.2, -0.15) is 5.26 Å². The van der Waals surface area contributed by atoms with E-state index < -0.39 is 0 Å². The van der Waals surface area contributed by atoms with Gasteiger partial charge in [0.05, 0.1) is 23.6 Å². The standard InChI is InChI=1S/C15H14N4O/c1-10(17-9-12-7-6-11(8-16)20-12)15-18-13-4-2-3-5-14(13)19-15/h2-7,10,17H,9H2,1H3,(H,18,19). The van der Waals surface area contributed by atoms with Gasteiger partial charge in [-0.05, 0) is 31.2 Å². The molecule has 2 N–H and O–H groups in total. The third kappa shape index (κ3) is 2.42. The van der Waals surface area contributed by atoms with E-state index in [4.69, 9.17) is 9.68 Å². The minimum Gasteiger partial charge on any atom is -0.449 e. The van der Waals surface area contributed by atoms with Gasteiger partial charge in [0, 0.05) is 0 Å². The van der Waals surface area contributed by atoms with Crippen LogP contribution in [0, 0.1) is 11.3 Å². The lowest BCUT2D eigenvalue weighted by Crippen LogP contribution is -2.18. The van der Waals surface area contributed by atoms with Crippen LogP contribution in [-0.2, 0) is 6.54 Å². The summed E-state index contributed by atoms with van der Waals surface area (Å²) in [6.07, 6.45) is 0. The predicted octanol–water partition coefficient (Wildman–Crippen LogP) is 2.88. The van der Waals surface area contributed by atoms with Crippen LogP contribution in [0.1, 0.15) is 30.3 Å². The number of fused-ring (bicyclic) bond motifs is 1. The highest BCUT2D eigenvalue weighted by Gasteiger charge is 2.11. The summed E-state index contributed by atoms with van der Waals surface area (Å²) in [6.45, 7) is 2.59. The second kappa shape index (κ2) is 5.19. The fourth-order valence-electron chi connectivity index (χ4n) is 2.06. The lowest BCUT2D eigenvalue weighted by molar-refractivity contribution is 0.448. The SMILES string of the molecule is CC(NCc1ccc(C#N)o1)c1nc2ccccc2[nH]1. The normalized spacial score (nSPS) is 12.4. The Morgan fingerprint density at radius 1 is 1.35 bits per heavy atom. The van der Waals surface area contributed by atoms with E-state index in [1.54, 1.807) is 12.1 Å². The first-order chi connectivity index (χ1) is 9.76. The van der Waals surface area contributed by atoms with Crippen molar-refractivity contribution in [3.63, 3.8) is 0 Å². The Hall–Kier alpha value is -2.58. The smallest absolute Gasteiger partial charge is 0.203 e. The molecule has 2 heterocycles. The van der Waals surface area contributed by atoms with Crippen molar-refractivity contribution in [2.75, 3.05) is 0 Å². The molecule has 0 fully saturated rings. The van der Waals surface area contributed by atoms with E-state index in [1.807, 2.05) is 37.3 Å². The molecule has 3 rings (SSSR count). The van der Waals surface area contributed by atoms with Crippen LogP contribution in [0.2, 0.25) is 0 Å². The van der Waals surface area contributed by atoms with E-state index in [0.29, 0.717) is 12.3 Å². The lowest BCUT2D eigenvalue weighted by atomic mass is 10.3. The number of imidazole rings is 1. The van der Waals surface area contributed by atoms with Gasteiger partial charge in [-0.1, -0.05) is 12.1 Å². The maximum Gasteiger partial charge on any atom is 0.203 e. The number of aromatic nitrogens is 2. The Balaban J connectivity index is 1.69. The third-order valence-corrected chi connectivity index (χ3v) is 3.17. The molecule has 0 radical (unpaired) electrons. The zero-order valence-corrected chi connectivity index (χ0v) is 11.1. The summed E-state index contributed by atoms with van der Waals surface area (Å²) < 4.78 is 5.32. The first kappa shape index (κ1) is 12.5. The zero-order valence-electron chi connectivity index (χ0n) is 11.1. The Morgan fingerprint density at radius 2 is 2.20 bits per heavy atom. The number of furan rings is 1. The van der Waals surface area contributed by atoms with Crippen molar-refractivity contribution in [1.29, 1.82) is 5.26 Å². The number of benzene rings is 1. The van der Waals surface area contributed by atoms with E-state index >= 15 is 0 Å². The highest BCUT2D eigenvalue weighted by molar-refractivity contribution is 5.74. The quantitative estimate of drug-likeness (QED) is 0.761. The first-order valence-electron chi connectivity index (χ1n) is 6.43. The molecule has 0 aliphatic heterocycles. The average Bonchev–Trinajstić information content (AvgIpc) is 3.10. The summed E-state index contributed by atoms with van der Waals surface area (Å²) in [6, 6.07) is 13.4. The fraction of sp³-hybridized carbons (Fsp3) is 0.200. The van der Waals surface area contributed by atoms with Gasteiger partial charge in [-0.15, -0.1) is 0 Å². The summed E-state index contributed by atoms with van der Waals surface area (Å²) in [5.41, 5.74) is 1.99. The Labute approximate surface area is 116 Å². The van der Waals surface area contributed by atoms with Gasteiger partial charge >= 0.3 is 0 Å². The third-order valence-electron chi connectivity index (χ3n) is 3.17. The van der Waals surface area contributed by atoms with Crippen LogP contribution >= 0.6 is 0 Å². The fourth-order valence-corrected chi connectivity index (χ4v) is 2.06. The Kier molecular flexibility index (Phi) is 3.23. The number of para-hydroxylation sites is 2. The van der Waals surface area contributed by atoms with Crippen LogP contribution in [0.15, 0.2) is 40.8 Å². The molecule has 0 amide bonds. The molecule has 0 saturated carbocycles. The molecular weight excluding hydrogens is 252 g/mol. The van der Waals surface area contributed by atoms with Crippen LogP contribution < -0.4 is 5.32 Å². The number of rotatable bonds is 4. The van der Waals surface area contributed by atoms with Gasteiger partial charge in [0.15, 0.2) is 0 Å². The van der Waals surface area contributed by atoms with Crippen molar-refractivity contribution in [2.45, 2.75) is 19.5 Å². The van der Waals surface area contributed by atoms with Crippen molar-refractivity contribution in [3.05, 3.63) is 53.7 Å². The maximum absolute atomic E-state index is 8.71. The van der Waals surface area contributed by atoms with Gasteiger partial charge in [0.1, 0.15) is 17.7 Å². The Morgan fingerprint density at radius 3 is 2.95 bits per heavy atom. The second-order valence-corrected chi connectivity index (χ2v) is 4.62. The van der Waals surface area contributed by atoms with Crippen LogP contribution in [-0.4, -0.2) is 9.97 Å². The summed E-state index contributed by atoms with van der Waals surface area (Å²) in [5, 5.41) is 12.0. The van der Waals surface area contributed by atoms with Gasteiger partial charge < -0.3 is 14.7 Å². The molecule has 0 bridgehead atoms. The maximum atomic E-state index is 8.71. The summed E-state index contributed by atoms with van der Waals surface area (Å²) in [7, 11) is 0. The minimum atomic E-state index is 0.0676. The number of hydrogen-bond acceptors (Lipinski definition) is 4. The predicted molar refractivity (Wildman–Crippen MR) is 74.8 cm³/mol. The molecule has 1 aromatic carbocycles. The molecule has 1 atom stereocenters.